The van der Waals surface area contributed by atoms with Gasteiger partial charge in [0, 0.05) is 96.8 Å². The van der Waals surface area contributed by atoms with Gasteiger partial charge in [-0.25, -0.2) is 29.9 Å². The van der Waals surface area contributed by atoms with E-state index in [1.807, 2.05) is 166 Å². The molecule has 0 bridgehead atoms. The van der Waals surface area contributed by atoms with E-state index in [9.17, 15) is 22.8 Å². The van der Waals surface area contributed by atoms with Gasteiger partial charge in [-0.15, -0.1) is 0 Å². The summed E-state index contributed by atoms with van der Waals surface area (Å²) in [5, 5.41) is 0.260. The number of anilines is 1. The Hall–Kier alpha value is 1.02. The molecule has 2 atom stereocenters. The number of amides is 3. The molecule has 9 aromatic rings. The summed E-state index contributed by atoms with van der Waals surface area (Å²) in [6.45, 7) is 21.8. The Morgan fingerprint density at radius 3 is 1.00 bits per heavy atom. The number of ether oxygens (including phenoxy) is 3. The van der Waals surface area contributed by atoms with Gasteiger partial charge in [0.2, 0.25) is 23.0 Å². The first kappa shape index (κ1) is 110. The van der Waals surface area contributed by atoms with Crippen molar-refractivity contribution >= 4 is 246 Å². The normalized spacial score (nSPS) is 14.2. The molecule has 6 heterocycles. The van der Waals surface area contributed by atoms with Crippen LogP contribution in [0.25, 0.3) is 0 Å². The first-order chi connectivity index (χ1) is 53.4. The van der Waals surface area contributed by atoms with Gasteiger partial charge in [0.25, 0.3) is 0 Å². The molecular formula is C87H114ClK6N11O8S2. The van der Waals surface area contributed by atoms with Crippen LogP contribution in [0.1, 0.15) is 170 Å². The summed E-state index contributed by atoms with van der Waals surface area (Å²) in [5.41, 5.74) is 46.4. The molecule has 590 valence electrons. The number of nitrogens with two attached hydrogens (primary N) is 5. The van der Waals surface area contributed by atoms with Crippen molar-refractivity contribution in [3.8, 4) is 0 Å². The van der Waals surface area contributed by atoms with Gasteiger partial charge in [-0.1, -0.05) is 156 Å². The van der Waals surface area contributed by atoms with Crippen molar-refractivity contribution in [3.63, 3.8) is 0 Å². The third-order valence-corrected chi connectivity index (χ3v) is 23.9. The van der Waals surface area contributed by atoms with Crippen LogP contribution in [0.3, 0.4) is 0 Å². The number of aromatic nitrogens is 6. The first-order valence-electron chi connectivity index (χ1n) is 38.9. The zero-order valence-electron chi connectivity index (χ0n) is 68.6. The van der Waals surface area contributed by atoms with Crippen LogP contribution in [0, 0.1) is 20.8 Å². The Morgan fingerprint density at radius 2 is 0.713 bits per heavy atom. The fraction of sp³-hybridized carbons (Fsp3) is 0.414. The Labute approximate surface area is 831 Å². The number of carbonyl (C=O) groups is 3. The molecule has 19 nitrogen and oxygen atoms in total. The van der Waals surface area contributed by atoms with Crippen LogP contribution < -0.4 is 28.7 Å². The number of aryl methyl sites for hydroxylation is 9. The summed E-state index contributed by atoms with van der Waals surface area (Å²) in [7, 11) is -1.81. The number of halogens is 1. The molecule has 0 spiro atoms. The summed E-state index contributed by atoms with van der Waals surface area (Å²) in [6.07, 6.45) is 12.3. The zero-order chi connectivity index (χ0) is 82.4. The monoisotopic (exact) mass is 1770 g/mol. The molecule has 6 aromatic carbocycles. The van der Waals surface area contributed by atoms with Crippen LogP contribution in [0.5, 0.6) is 0 Å². The van der Waals surface area contributed by atoms with Gasteiger partial charge < -0.3 is 42.9 Å². The van der Waals surface area contributed by atoms with Crippen molar-refractivity contribution in [1.29, 1.82) is 0 Å². The van der Waals surface area contributed by atoms with E-state index in [0.717, 1.165) is 140 Å². The number of hydrogen-bond acceptors (Lipinski definition) is 16. The average Bonchev–Trinajstić information content (AvgIpc) is 0.776. The molecule has 0 saturated carbocycles. The molecule has 3 aliphatic rings. The van der Waals surface area contributed by atoms with Gasteiger partial charge in [-0.05, 0) is 202 Å². The van der Waals surface area contributed by atoms with E-state index < -0.39 is 21.6 Å². The molecule has 3 aromatic heterocycles. The predicted molar refractivity (Wildman–Crippen MR) is 477 cm³/mol. The molecular weight excluding hydrogens is 1660 g/mol. The van der Waals surface area contributed by atoms with E-state index in [4.69, 9.17) is 64.4 Å². The molecule has 28 heteroatoms. The van der Waals surface area contributed by atoms with Crippen molar-refractivity contribution in [1.82, 2.24) is 29.9 Å². The Balaban J connectivity index is 0.000000398. The van der Waals surface area contributed by atoms with E-state index in [1.54, 1.807) is 6.20 Å². The van der Waals surface area contributed by atoms with Gasteiger partial charge in [0.15, 0.2) is 0 Å². The Morgan fingerprint density at radius 1 is 0.426 bits per heavy atom. The van der Waals surface area contributed by atoms with Gasteiger partial charge in [-0.2, -0.15) is 0 Å². The third-order valence-electron chi connectivity index (χ3n) is 19.4. The van der Waals surface area contributed by atoms with Crippen LogP contribution in [-0.4, -0.2) is 306 Å². The van der Waals surface area contributed by atoms with Crippen molar-refractivity contribution in [2.24, 2.45) is 22.9 Å². The second kappa shape index (κ2) is 55.6. The van der Waals surface area contributed by atoms with E-state index >= 15 is 0 Å². The fourth-order valence-electron chi connectivity index (χ4n) is 12.6. The van der Waals surface area contributed by atoms with Gasteiger partial charge in [0.1, 0.15) is 11.6 Å². The summed E-state index contributed by atoms with van der Waals surface area (Å²) in [6, 6.07) is 48.4. The summed E-state index contributed by atoms with van der Waals surface area (Å²) in [5.74, 6) is 1.89. The molecule has 10 N–H and O–H groups in total. The molecule has 3 aliphatic heterocycles. The van der Waals surface area contributed by atoms with Crippen LogP contribution in [0.4, 0.5) is 5.69 Å². The second-order valence-corrected chi connectivity index (χ2v) is 34.9. The summed E-state index contributed by atoms with van der Waals surface area (Å²) < 4.78 is 40.9. The number of benzene rings is 6. The molecule has 12 rings (SSSR count). The minimum atomic E-state index is -0.941. The zero-order valence-corrected chi connectivity index (χ0v) is 89.7. The first-order valence-corrected chi connectivity index (χ1v) is 89.9. The van der Waals surface area contributed by atoms with Crippen molar-refractivity contribution in [3.05, 3.63) is 276 Å². The number of nitrogen functional groups attached to an aromatic ring is 1. The Bertz CT molecular complexity index is 4570. The number of hydrogen-bond donors (Lipinski definition) is 5. The molecule has 0 aliphatic carbocycles. The number of nitrogens with zero attached hydrogens (tertiary/aromatic N) is 6. The van der Waals surface area contributed by atoms with E-state index in [2.05, 4.69) is 74.5 Å². The van der Waals surface area contributed by atoms with Crippen molar-refractivity contribution in [2.45, 2.75) is 181 Å². The molecule has 3 fully saturated rings. The van der Waals surface area contributed by atoms with E-state index in [1.165, 1.54) is 201 Å². The maximum absolute atomic E-state index is 12.8. The van der Waals surface area contributed by atoms with Gasteiger partial charge >= 0.3 is 189 Å². The third kappa shape index (κ3) is 36.0. The topological polar surface area (TPSA) is 320 Å². The number of rotatable bonds is 26. The van der Waals surface area contributed by atoms with Crippen LogP contribution in [0.2, 0.25) is 5.28 Å². The van der Waals surface area contributed by atoms with Crippen molar-refractivity contribution in [2.75, 3.05) is 56.9 Å². The van der Waals surface area contributed by atoms with Crippen LogP contribution in [-0.2, 0) is 137 Å². The number of carbonyl (C=O) groups excluding carboxylic acids is 3. The van der Waals surface area contributed by atoms with E-state index in [-0.39, 0.29) is 90.4 Å². The second-order valence-electron chi connectivity index (χ2n) is 30.1. The molecule has 3 amide bonds. The fourth-order valence-corrected chi connectivity index (χ4v) is 15.3. The molecule has 2 unspecified atom stereocenters. The predicted octanol–water partition coefficient (Wildman–Crippen LogP) is 10.3. The molecule has 115 heavy (non-hydrogen) atoms. The average molecular weight is 1780 g/mol. The summed E-state index contributed by atoms with van der Waals surface area (Å²) in [4.78, 5) is 60.9. The molecule has 0 radical (unpaired) electrons. The standard InChI is InChI=1S/C30H37N3O3S.C25H28N4O2.C15H16ClN3O.C14H21NO2S.3CH4.6K/c1-21-17-32-28(33-26(21)14-11-23-7-5-6-8-24(23)16-27(31)34)15-22-9-12-25(13-10-22)30(18-36-19-30)20-37(35)29(2,3)4;1-17-14-28-24(12-18-6-9-21(10-7-18)25(27)15-31-16-25)29-22(17)11-8-19-4-2-3-5-20(19)13-23(26)30;1-10-9-18-15(16)19-13(10)7-6-11-4-2-3-5-12(11)8-14(17)20;1-13(2,3)18(16)10-14(8-17-9-14)11-4-6-12(15)7-5-11;;;;;;;;;/h5-10,12-13,17H,11,14-16,18-20H2,1-4H3,(H2,31,34);2-7,9-10,14H,8,11-13,15-16,27H2,1H3,(H2,26,30);2-5,9H,6-8H2,1H3,(H2,17,20);4-7H,8-10,15H2,1-3H3;3*1H4;;;;;;. The maximum atomic E-state index is 12.8. The van der Waals surface area contributed by atoms with Crippen LogP contribution >= 0.6 is 11.6 Å². The minimum absolute atomic E-state index is 0. The van der Waals surface area contributed by atoms with E-state index in [0.29, 0.717) is 64.0 Å². The SMILES string of the molecule is C.C.C.CC(C)(C)S(=O)CC1(c2ccc(N)cc2)COC1.Cc1cnc(Cc2ccc(C3(CS(=O)C(C)(C)C)COC3)cc2)nc1CCc1ccccc1CC(N)=O.Cc1cnc(Cc2ccc(C3(N)COC3)cc2)nc1CCc1ccccc1CC(N)=O.Cc1cnc(Cl)nc1CCc1ccccc1CC(N)=O.[K][K].[K][K].[K][K]. The summed E-state index contributed by atoms with van der Waals surface area (Å²) >= 11 is 13.3. The molecule has 3 saturated heterocycles. The van der Waals surface area contributed by atoms with Crippen LogP contribution in [0.15, 0.2) is 164 Å². The van der Waals surface area contributed by atoms with Gasteiger partial charge in [-0.3, -0.25) is 22.8 Å². The Kier molecular flexibility index (Phi) is 53.3. The van der Waals surface area contributed by atoms with Gasteiger partial charge in [0.05, 0.1) is 75.3 Å². The quantitative estimate of drug-likeness (QED) is 0.0191. The van der Waals surface area contributed by atoms with Crippen molar-refractivity contribution < 1.29 is 37.0 Å². The number of primary amides is 3.